The number of aryl methyl sites for hydroxylation is 1. The van der Waals surface area contributed by atoms with Gasteiger partial charge in [0.2, 0.25) is 0 Å². The van der Waals surface area contributed by atoms with E-state index in [1.54, 1.807) is 16.8 Å². The molecule has 1 aliphatic rings. The van der Waals surface area contributed by atoms with Crippen molar-refractivity contribution in [1.29, 1.82) is 0 Å². The van der Waals surface area contributed by atoms with E-state index in [0.29, 0.717) is 35.6 Å². The van der Waals surface area contributed by atoms with Crippen molar-refractivity contribution in [2.45, 2.75) is 44.8 Å². The van der Waals surface area contributed by atoms with Gasteiger partial charge in [0, 0.05) is 46.8 Å². The van der Waals surface area contributed by atoms with E-state index in [1.165, 1.54) is 6.92 Å². The minimum Gasteiger partial charge on any atom is -0.426 e. The van der Waals surface area contributed by atoms with E-state index in [1.807, 2.05) is 68.4 Å². The Balaban J connectivity index is 1.56. The quantitative estimate of drug-likeness (QED) is 0.279. The summed E-state index contributed by atoms with van der Waals surface area (Å²) in [6.45, 7) is 5.12. The minimum atomic E-state index is -0.734. The van der Waals surface area contributed by atoms with Crippen LogP contribution in [0.4, 0.5) is 0 Å². The number of fused-ring (bicyclic) bond motifs is 3. The number of carbonyl (C=O) groups excluding carboxylic acids is 1. The monoisotopic (exact) mass is 493 g/mol. The van der Waals surface area contributed by atoms with Gasteiger partial charge in [-0.3, -0.25) is 4.79 Å². The van der Waals surface area contributed by atoms with Crippen LogP contribution in [0.1, 0.15) is 37.9 Å². The standard InChI is InChI=1S/C29H27N5O3/c1-17-12-25-31-14-20-13-23(22-6-4-5-7-24(22)37-18(2)35)26(32-27(20)34(25)33-17)19-8-10-21(11-9-19)29(30)15-28(3,36)16-29/h4-14,36H,15-16,30H2,1-3H3/t28-,29-. The number of aliphatic hydroxyl groups is 1. The van der Waals surface area contributed by atoms with Crippen LogP contribution in [-0.4, -0.2) is 36.3 Å². The van der Waals surface area contributed by atoms with Gasteiger partial charge in [-0.05, 0) is 44.4 Å². The topological polar surface area (TPSA) is 116 Å². The maximum atomic E-state index is 11.8. The molecule has 0 saturated heterocycles. The predicted octanol–water partition coefficient (Wildman–Crippen LogP) is 4.54. The number of carbonyl (C=O) groups is 1. The van der Waals surface area contributed by atoms with Crippen molar-refractivity contribution in [3.05, 3.63) is 78.1 Å². The van der Waals surface area contributed by atoms with Gasteiger partial charge in [-0.2, -0.15) is 9.61 Å². The lowest BCUT2D eigenvalue weighted by molar-refractivity contribution is -0.131. The van der Waals surface area contributed by atoms with Gasteiger partial charge < -0.3 is 15.6 Å². The number of hydrogen-bond acceptors (Lipinski definition) is 7. The number of nitrogens with zero attached hydrogens (tertiary/aromatic N) is 4. The maximum absolute atomic E-state index is 11.8. The SMILES string of the molecule is CC(=O)Oc1ccccc1-c1cc2cnc3cc(C)nn3c2nc1-c1ccc([C@]2(N)C[C@](C)(O)C2)cc1. The summed E-state index contributed by atoms with van der Waals surface area (Å²) in [5, 5.41) is 15.6. The van der Waals surface area contributed by atoms with Crippen LogP contribution in [0.3, 0.4) is 0 Å². The molecule has 0 aliphatic heterocycles. The van der Waals surface area contributed by atoms with Gasteiger partial charge in [0.1, 0.15) is 5.75 Å². The first-order chi connectivity index (χ1) is 17.6. The van der Waals surface area contributed by atoms with Crippen molar-refractivity contribution in [3.8, 4) is 28.1 Å². The van der Waals surface area contributed by atoms with Crippen molar-refractivity contribution < 1.29 is 14.6 Å². The summed E-state index contributed by atoms with van der Waals surface area (Å²) in [6, 6.07) is 19.3. The van der Waals surface area contributed by atoms with Crippen LogP contribution in [0, 0.1) is 6.92 Å². The summed E-state index contributed by atoms with van der Waals surface area (Å²) >= 11 is 0. The van der Waals surface area contributed by atoms with Crippen molar-refractivity contribution in [2.24, 2.45) is 5.73 Å². The number of pyridine rings is 1. The molecule has 8 nitrogen and oxygen atoms in total. The third-order valence-corrected chi connectivity index (χ3v) is 6.94. The first-order valence-corrected chi connectivity index (χ1v) is 12.2. The van der Waals surface area contributed by atoms with E-state index in [4.69, 9.17) is 15.5 Å². The molecular formula is C29H27N5O3. The smallest absolute Gasteiger partial charge is 0.308 e. The van der Waals surface area contributed by atoms with Gasteiger partial charge in [-0.25, -0.2) is 9.97 Å². The van der Waals surface area contributed by atoms with Crippen LogP contribution in [0.5, 0.6) is 5.75 Å². The second kappa shape index (κ2) is 8.19. The second-order valence-electron chi connectivity index (χ2n) is 10.3. The Morgan fingerprint density at radius 2 is 1.81 bits per heavy atom. The highest BCUT2D eigenvalue weighted by molar-refractivity contribution is 5.92. The van der Waals surface area contributed by atoms with Crippen molar-refractivity contribution in [2.75, 3.05) is 0 Å². The third-order valence-electron chi connectivity index (χ3n) is 6.94. The summed E-state index contributed by atoms with van der Waals surface area (Å²) in [5.74, 6) is 0.0581. The van der Waals surface area contributed by atoms with Gasteiger partial charge in [0.25, 0.3) is 0 Å². The van der Waals surface area contributed by atoms with Gasteiger partial charge in [0.05, 0.1) is 17.0 Å². The van der Waals surface area contributed by atoms with Gasteiger partial charge in [-0.15, -0.1) is 0 Å². The number of ether oxygens (including phenoxy) is 1. The van der Waals surface area contributed by atoms with Crippen molar-refractivity contribution >= 4 is 22.6 Å². The summed E-state index contributed by atoms with van der Waals surface area (Å²) in [4.78, 5) is 21.5. The lowest BCUT2D eigenvalue weighted by atomic mass is 9.63. The third kappa shape index (κ3) is 4.04. The number of para-hydroxylation sites is 1. The highest BCUT2D eigenvalue weighted by Crippen LogP contribution is 2.46. The van der Waals surface area contributed by atoms with Gasteiger partial charge >= 0.3 is 5.97 Å². The summed E-state index contributed by atoms with van der Waals surface area (Å²) < 4.78 is 7.29. The first-order valence-electron chi connectivity index (χ1n) is 12.2. The molecule has 37 heavy (non-hydrogen) atoms. The molecule has 8 heteroatoms. The number of hydrogen-bond donors (Lipinski definition) is 2. The normalized spacial score (nSPS) is 21.2. The molecule has 1 aliphatic carbocycles. The van der Waals surface area contributed by atoms with Crippen LogP contribution in [0.25, 0.3) is 39.1 Å². The Morgan fingerprint density at radius 3 is 2.51 bits per heavy atom. The lowest BCUT2D eigenvalue weighted by Crippen LogP contribution is -2.58. The zero-order valence-corrected chi connectivity index (χ0v) is 20.9. The van der Waals surface area contributed by atoms with Crippen molar-refractivity contribution in [1.82, 2.24) is 19.6 Å². The molecular weight excluding hydrogens is 466 g/mol. The molecule has 3 aromatic heterocycles. The molecule has 1 saturated carbocycles. The average molecular weight is 494 g/mol. The molecule has 6 rings (SSSR count). The maximum Gasteiger partial charge on any atom is 0.308 e. The summed E-state index contributed by atoms with van der Waals surface area (Å²) in [6.07, 6.45) is 2.81. The largest absolute Gasteiger partial charge is 0.426 e. The molecule has 0 spiro atoms. The summed E-state index contributed by atoms with van der Waals surface area (Å²) in [7, 11) is 0. The van der Waals surface area contributed by atoms with E-state index < -0.39 is 17.1 Å². The Kier molecular flexibility index (Phi) is 5.15. The Labute approximate surface area is 213 Å². The van der Waals surface area contributed by atoms with Gasteiger partial charge in [-0.1, -0.05) is 42.5 Å². The highest BCUT2D eigenvalue weighted by atomic mass is 16.5. The molecule has 2 aromatic carbocycles. The zero-order chi connectivity index (χ0) is 25.9. The molecule has 0 unspecified atom stereocenters. The minimum absolute atomic E-state index is 0.396. The number of esters is 1. The van der Waals surface area contributed by atoms with Crippen LogP contribution in [0.15, 0.2) is 66.9 Å². The molecule has 0 radical (unpaired) electrons. The first kappa shape index (κ1) is 23.3. The Morgan fingerprint density at radius 1 is 1.08 bits per heavy atom. The van der Waals surface area contributed by atoms with Crippen LogP contribution >= 0.6 is 0 Å². The molecule has 3 N–H and O–H groups in total. The van der Waals surface area contributed by atoms with E-state index in [0.717, 1.165) is 33.3 Å². The molecule has 186 valence electrons. The number of aromatic nitrogens is 4. The molecule has 5 aromatic rings. The van der Waals surface area contributed by atoms with Crippen LogP contribution in [-0.2, 0) is 10.3 Å². The fourth-order valence-corrected chi connectivity index (χ4v) is 5.48. The second-order valence-corrected chi connectivity index (χ2v) is 10.3. The predicted molar refractivity (Wildman–Crippen MR) is 141 cm³/mol. The van der Waals surface area contributed by atoms with Crippen LogP contribution < -0.4 is 10.5 Å². The fourth-order valence-electron chi connectivity index (χ4n) is 5.48. The number of rotatable bonds is 4. The Bertz CT molecular complexity index is 1680. The van der Waals surface area contributed by atoms with Crippen LogP contribution in [0.2, 0.25) is 0 Å². The Hall–Kier alpha value is -4.14. The van der Waals surface area contributed by atoms with Gasteiger partial charge in [0.15, 0.2) is 11.3 Å². The summed E-state index contributed by atoms with van der Waals surface area (Å²) in [5.41, 5.74) is 11.6. The number of nitrogens with two attached hydrogens (primary N) is 1. The molecule has 0 atom stereocenters. The highest BCUT2D eigenvalue weighted by Gasteiger charge is 2.49. The molecule has 0 amide bonds. The molecule has 1 fully saturated rings. The molecule has 3 heterocycles. The van der Waals surface area contributed by atoms with E-state index >= 15 is 0 Å². The fraction of sp³-hybridized carbons (Fsp3) is 0.241. The van der Waals surface area contributed by atoms with E-state index in [2.05, 4.69) is 10.1 Å². The number of benzene rings is 2. The van der Waals surface area contributed by atoms with E-state index in [-0.39, 0.29) is 0 Å². The zero-order valence-electron chi connectivity index (χ0n) is 20.9. The lowest BCUT2D eigenvalue weighted by Gasteiger charge is -2.49. The van der Waals surface area contributed by atoms with E-state index in [9.17, 15) is 9.90 Å². The molecule has 0 bridgehead atoms. The average Bonchev–Trinajstić information content (AvgIpc) is 3.23. The van der Waals surface area contributed by atoms with Crippen molar-refractivity contribution in [3.63, 3.8) is 0 Å².